The normalized spacial score (nSPS) is 11.2. The zero-order valence-electron chi connectivity index (χ0n) is 15.3. The highest BCUT2D eigenvalue weighted by molar-refractivity contribution is 7.20. The SMILES string of the molecule is CCOC(=O)c1ccc(/N=C/c2cc3c(=O)c(C(=O)O)cn(CC)c3s2)cc1. The van der Waals surface area contributed by atoms with Crippen molar-refractivity contribution in [1.29, 1.82) is 0 Å². The lowest BCUT2D eigenvalue weighted by Crippen LogP contribution is -2.17. The molecule has 7 nitrogen and oxygen atoms in total. The van der Waals surface area contributed by atoms with E-state index in [1.807, 2.05) is 6.92 Å². The van der Waals surface area contributed by atoms with Crippen molar-refractivity contribution in [3.05, 3.63) is 62.8 Å². The van der Waals surface area contributed by atoms with E-state index >= 15 is 0 Å². The van der Waals surface area contributed by atoms with Crippen molar-refractivity contribution in [3.8, 4) is 0 Å². The van der Waals surface area contributed by atoms with Crippen molar-refractivity contribution in [2.45, 2.75) is 20.4 Å². The van der Waals surface area contributed by atoms with Crippen LogP contribution in [0.25, 0.3) is 10.2 Å². The first-order valence-electron chi connectivity index (χ1n) is 8.66. The topological polar surface area (TPSA) is 98.0 Å². The summed E-state index contributed by atoms with van der Waals surface area (Å²) in [7, 11) is 0. The number of esters is 1. The maximum absolute atomic E-state index is 12.4. The van der Waals surface area contributed by atoms with Crippen LogP contribution in [0.3, 0.4) is 0 Å². The molecule has 144 valence electrons. The van der Waals surface area contributed by atoms with Gasteiger partial charge in [0.2, 0.25) is 5.43 Å². The molecule has 3 aromatic rings. The van der Waals surface area contributed by atoms with Gasteiger partial charge < -0.3 is 14.4 Å². The van der Waals surface area contributed by atoms with Gasteiger partial charge in [0, 0.05) is 23.8 Å². The van der Waals surface area contributed by atoms with Crippen LogP contribution in [0.5, 0.6) is 0 Å². The van der Waals surface area contributed by atoms with Crippen LogP contribution < -0.4 is 5.43 Å². The van der Waals surface area contributed by atoms with E-state index in [0.29, 0.717) is 34.6 Å². The molecule has 0 unspecified atom stereocenters. The Morgan fingerprint density at radius 2 is 1.96 bits per heavy atom. The van der Waals surface area contributed by atoms with Gasteiger partial charge in [0.25, 0.3) is 0 Å². The predicted molar refractivity (Wildman–Crippen MR) is 108 cm³/mol. The smallest absolute Gasteiger partial charge is 0.341 e. The zero-order chi connectivity index (χ0) is 20.3. The molecule has 0 fully saturated rings. The van der Waals surface area contributed by atoms with Crippen molar-refractivity contribution < 1.29 is 19.4 Å². The number of thiophene rings is 1. The average molecular weight is 398 g/mol. The van der Waals surface area contributed by atoms with Gasteiger partial charge in [0.1, 0.15) is 10.4 Å². The molecule has 0 amide bonds. The standard InChI is InChI=1S/C20H18N2O5S/c1-3-22-11-16(19(24)25)17(23)15-9-14(28-18(15)22)10-21-13-7-5-12(6-8-13)20(26)27-4-2/h5-11H,3-4H2,1-2H3,(H,24,25)/b21-10+. The summed E-state index contributed by atoms with van der Waals surface area (Å²) in [5, 5.41) is 9.60. The summed E-state index contributed by atoms with van der Waals surface area (Å²) in [5.74, 6) is -1.62. The molecule has 28 heavy (non-hydrogen) atoms. The molecule has 3 rings (SSSR count). The molecular formula is C20H18N2O5S. The number of hydrogen-bond donors (Lipinski definition) is 1. The van der Waals surface area contributed by atoms with Gasteiger partial charge in [-0.3, -0.25) is 9.79 Å². The quantitative estimate of drug-likeness (QED) is 0.504. The van der Waals surface area contributed by atoms with Crippen LogP contribution in [0.4, 0.5) is 5.69 Å². The van der Waals surface area contributed by atoms with Gasteiger partial charge in [-0.05, 0) is 44.2 Å². The Morgan fingerprint density at radius 3 is 2.57 bits per heavy atom. The molecule has 0 aliphatic rings. The highest BCUT2D eigenvalue weighted by Gasteiger charge is 2.16. The number of hydrogen-bond acceptors (Lipinski definition) is 6. The zero-order valence-corrected chi connectivity index (χ0v) is 16.2. The highest BCUT2D eigenvalue weighted by atomic mass is 32.1. The second-order valence-corrected chi connectivity index (χ2v) is 6.92. The summed E-state index contributed by atoms with van der Waals surface area (Å²) in [4.78, 5) is 41.2. The highest BCUT2D eigenvalue weighted by Crippen LogP contribution is 2.24. The Labute approximate surface area is 164 Å². The molecule has 8 heteroatoms. The Hall–Kier alpha value is -3.26. The van der Waals surface area contributed by atoms with E-state index in [1.54, 1.807) is 48.0 Å². The molecule has 0 bridgehead atoms. The predicted octanol–water partition coefficient (Wildman–Crippen LogP) is 3.71. The lowest BCUT2D eigenvalue weighted by atomic mass is 10.2. The number of aromatic nitrogens is 1. The monoisotopic (exact) mass is 398 g/mol. The third kappa shape index (κ3) is 3.86. The van der Waals surface area contributed by atoms with E-state index < -0.39 is 11.4 Å². The molecule has 1 N–H and O–H groups in total. The van der Waals surface area contributed by atoms with Crippen LogP contribution in [0, 0.1) is 0 Å². The minimum atomic E-state index is -1.24. The van der Waals surface area contributed by atoms with Gasteiger partial charge in [-0.1, -0.05) is 0 Å². The molecule has 0 radical (unpaired) electrons. The molecule has 0 aliphatic heterocycles. The number of aromatic carboxylic acids is 1. The first-order valence-corrected chi connectivity index (χ1v) is 9.47. The van der Waals surface area contributed by atoms with E-state index in [2.05, 4.69) is 4.99 Å². The van der Waals surface area contributed by atoms with Crippen molar-refractivity contribution >= 4 is 45.4 Å². The summed E-state index contributed by atoms with van der Waals surface area (Å²) in [5.41, 5.74) is 0.346. The molecule has 0 aliphatic carbocycles. The maximum Gasteiger partial charge on any atom is 0.341 e. The number of aryl methyl sites for hydroxylation is 1. The number of aliphatic imine (C=N–C) groups is 1. The van der Waals surface area contributed by atoms with Gasteiger partial charge in [0.05, 0.1) is 23.2 Å². The molecule has 0 saturated carbocycles. The number of carbonyl (C=O) groups is 2. The maximum atomic E-state index is 12.4. The Balaban J connectivity index is 1.92. The molecule has 1 aromatic carbocycles. The third-order valence-electron chi connectivity index (χ3n) is 4.06. The molecule has 0 saturated heterocycles. The van der Waals surface area contributed by atoms with Crippen LogP contribution in [-0.4, -0.2) is 34.4 Å². The molecular weight excluding hydrogens is 380 g/mol. The fraction of sp³-hybridized carbons (Fsp3) is 0.200. The number of carbonyl (C=O) groups excluding carboxylic acids is 1. The van der Waals surface area contributed by atoms with Crippen LogP contribution in [0.2, 0.25) is 0 Å². The Bertz CT molecular complexity index is 1130. The minimum Gasteiger partial charge on any atom is -0.477 e. The van der Waals surface area contributed by atoms with Gasteiger partial charge in [-0.2, -0.15) is 0 Å². The summed E-state index contributed by atoms with van der Waals surface area (Å²) >= 11 is 1.36. The number of nitrogens with zero attached hydrogens (tertiary/aromatic N) is 2. The van der Waals surface area contributed by atoms with E-state index in [1.165, 1.54) is 17.5 Å². The lowest BCUT2D eigenvalue weighted by molar-refractivity contribution is 0.0526. The van der Waals surface area contributed by atoms with Crippen molar-refractivity contribution in [3.63, 3.8) is 0 Å². The first-order chi connectivity index (χ1) is 13.4. The van der Waals surface area contributed by atoms with E-state index in [9.17, 15) is 19.5 Å². The number of pyridine rings is 1. The van der Waals surface area contributed by atoms with Gasteiger partial charge in [-0.15, -0.1) is 11.3 Å². The molecule has 0 spiro atoms. The van der Waals surface area contributed by atoms with Crippen LogP contribution in [0.15, 0.2) is 46.3 Å². The third-order valence-corrected chi connectivity index (χ3v) is 5.16. The summed E-state index contributed by atoms with van der Waals surface area (Å²) in [6.45, 7) is 4.49. The molecule has 0 atom stereocenters. The number of benzene rings is 1. The van der Waals surface area contributed by atoms with Crippen LogP contribution in [-0.2, 0) is 11.3 Å². The Morgan fingerprint density at radius 1 is 1.25 bits per heavy atom. The molecule has 2 aromatic heterocycles. The average Bonchev–Trinajstić information content (AvgIpc) is 3.12. The summed E-state index contributed by atoms with van der Waals surface area (Å²) < 4.78 is 6.69. The number of carboxylic acid groups (broad SMARTS) is 1. The van der Waals surface area contributed by atoms with Crippen molar-refractivity contribution in [2.24, 2.45) is 4.99 Å². The lowest BCUT2D eigenvalue weighted by Gasteiger charge is -2.05. The number of fused-ring (bicyclic) bond motifs is 1. The van der Waals surface area contributed by atoms with Crippen molar-refractivity contribution in [2.75, 3.05) is 6.61 Å². The first kappa shape index (κ1) is 19.5. The number of carboxylic acids is 1. The second kappa shape index (κ2) is 8.18. The summed E-state index contributed by atoms with van der Waals surface area (Å²) in [6.07, 6.45) is 2.99. The van der Waals surface area contributed by atoms with Gasteiger partial charge in [-0.25, -0.2) is 9.59 Å². The number of rotatable bonds is 6. The van der Waals surface area contributed by atoms with E-state index in [4.69, 9.17) is 4.74 Å². The Kier molecular flexibility index (Phi) is 5.70. The summed E-state index contributed by atoms with van der Waals surface area (Å²) in [6, 6.07) is 8.32. The van der Waals surface area contributed by atoms with Gasteiger partial charge in [0.15, 0.2) is 0 Å². The van der Waals surface area contributed by atoms with Gasteiger partial charge >= 0.3 is 11.9 Å². The van der Waals surface area contributed by atoms with Crippen LogP contribution in [0.1, 0.15) is 39.4 Å². The van der Waals surface area contributed by atoms with Crippen molar-refractivity contribution in [1.82, 2.24) is 4.57 Å². The second-order valence-electron chi connectivity index (χ2n) is 5.86. The molecule has 2 heterocycles. The minimum absolute atomic E-state index is 0.245. The van der Waals surface area contributed by atoms with Crippen LogP contribution >= 0.6 is 11.3 Å². The number of ether oxygens (including phenoxy) is 1. The largest absolute Gasteiger partial charge is 0.477 e. The fourth-order valence-electron chi connectivity index (χ4n) is 2.68. The fourth-order valence-corrected chi connectivity index (χ4v) is 3.75. The van der Waals surface area contributed by atoms with E-state index in [0.717, 1.165) is 4.88 Å². The van der Waals surface area contributed by atoms with E-state index in [-0.39, 0.29) is 11.5 Å².